The highest BCUT2D eigenvalue weighted by molar-refractivity contribution is 6.14. The Morgan fingerprint density at radius 2 is 1.71 bits per heavy atom. The summed E-state index contributed by atoms with van der Waals surface area (Å²) < 4.78 is 5.25. The topological polar surface area (TPSA) is 58.6 Å². The van der Waals surface area contributed by atoms with Gasteiger partial charge >= 0.3 is 0 Å². The van der Waals surface area contributed by atoms with Gasteiger partial charge in [-0.3, -0.25) is 14.5 Å². The van der Waals surface area contributed by atoms with Crippen LogP contribution in [-0.4, -0.2) is 24.5 Å². The van der Waals surface area contributed by atoms with Crippen LogP contribution in [0.1, 0.15) is 34.0 Å². The maximum atomic E-state index is 13.5. The molecule has 0 saturated heterocycles. The molecule has 0 spiro atoms. The zero-order chi connectivity index (χ0) is 22.0. The smallest absolute Gasteiger partial charge is 0.259 e. The van der Waals surface area contributed by atoms with Gasteiger partial charge in [0.1, 0.15) is 11.3 Å². The third-order valence-corrected chi connectivity index (χ3v) is 5.87. The first kappa shape index (κ1) is 20.7. The Hall–Kier alpha value is -3.60. The van der Waals surface area contributed by atoms with Gasteiger partial charge in [0.15, 0.2) is 0 Å². The van der Waals surface area contributed by atoms with Gasteiger partial charge in [0.25, 0.3) is 5.91 Å². The van der Waals surface area contributed by atoms with Crippen LogP contribution < -0.4 is 15.0 Å². The maximum Gasteiger partial charge on any atom is 0.259 e. The number of carbonyl (C=O) groups is 2. The Kier molecular flexibility index (Phi) is 5.51. The molecule has 158 valence electrons. The Labute approximate surface area is 182 Å². The van der Waals surface area contributed by atoms with Crippen molar-refractivity contribution in [1.29, 1.82) is 0 Å². The molecular formula is C26H26N2O3. The van der Waals surface area contributed by atoms with Crippen molar-refractivity contribution >= 4 is 17.5 Å². The van der Waals surface area contributed by atoms with Crippen LogP contribution in [0.5, 0.6) is 5.75 Å². The van der Waals surface area contributed by atoms with Crippen LogP contribution in [0.2, 0.25) is 0 Å². The summed E-state index contributed by atoms with van der Waals surface area (Å²) in [6.07, 6.45) is 0.431. The first-order chi connectivity index (χ1) is 14.9. The van der Waals surface area contributed by atoms with E-state index in [1.165, 1.54) is 5.56 Å². The van der Waals surface area contributed by atoms with Crippen LogP contribution in [0, 0.1) is 6.92 Å². The predicted octanol–water partition coefficient (Wildman–Crippen LogP) is 4.28. The monoisotopic (exact) mass is 414 g/mol. The second kappa shape index (κ2) is 8.26. The molecule has 0 saturated carbocycles. The summed E-state index contributed by atoms with van der Waals surface area (Å²) in [5.41, 5.74) is 3.29. The van der Waals surface area contributed by atoms with E-state index in [4.69, 9.17) is 4.74 Å². The number of carbonyl (C=O) groups excluding carboxylic acids is 2. The van der Waals surface area contributed by atoms with Crippen molar-refractivity contribution < 1.29 is 14.3 Å². The van der Waals surface area contributed by atoms with E-state index in [1.54, 1.807) is 24.1 Å². The summed E-state index contributed by atoms with van der Waals surface area (Å²) in [6.45, 7) is 4.26. The lowest BCUT2D eigenvalue weighted by atomic mass is 9.82. The quantitative estimate of drug-likeness (QED) is 0.678. The van der Waals surface area contributed by atoms with Gasteiger partial charge in [-0.25, -0.2) is 0 Å². The molecule has 5 nitrogen and oxygen atoms in total. The molecule has 1 heterocycles. The maximum absolute atomic E-state index is 13.5. The van der Waals surface area contributed by atoms with Crippen LogP contribution >= 0.6 is 0 Å². The number of nitrogens with one attached hydrogen (secondary N) is 1. The molecule has 1 N–H and O–H groups in total. The number of nitrogens with zero attached hydrogens (tertiary/aromatic N) is 1. The fourth-order valence-corrected chi connectivity index (χ4v) is 4.07. The van der Waals surface area contributed by atoms with E-state index in [1.807, 2.05) is 74.5 Å². The molecule has 0 aliphatic carbocycles. The number of hydrogen-bond acceptors (Lipinski definition) is 3. The van der Waals surface area contributed by atoms with Gasteiger partial charge in [-0.2, -0.15) is 0 Å². The minimum Gasteiger partial charge on any atom is -0.497 e. The normalized spacial score (nSPS) is 17.8. The first-order valence-electron chi connectivity index (χ1n) is 10.3. The van der Waals surface area contributed by atoms with Gasteiger partial charge in [-0.1, -0.05) is 48.0 Å². The molecule has 3 aromatic carbocycles. The van der Waals surface area contributed by atoms with Crippen molar-refractivity contribution in [3.8, 4) is 5.75 Å². The third-order valence-electron chi connectivity index (χ3n) is 5.87. The SMILES string of the molecule is COc1ccc(N2C(=O)c3ccccc3C[C@]2(C)C(=O)NCc2ccc(C)cc2)cc1. The van der Waals surface area contributed by atoms with Crippen LogP contribution in [0.15, 0.2) is 72.8 Å². The van der Waals surface area contributed by atoms with Gasteiger partial charge in [-0.15, -0.1) is 0 Å². The molecule has 0 radical (unpaired) electrons. The summed E-state index contributed by atoms with van der Waals surface area (Å²) in [5.74, 6) is 0.325. The second-order valence-electron chi connectivity index (χ2n) is 8.11. The highest BCUT2D eigenvalue weighted by Gasteiger charge is 2.47. The van der Waals surface area contributed by atoms with E-state index in [0.717, 1.165) is 11.1 Å². The molecule has 0 bridgehead atoms. The summed E-state index contributed by atoms with van der Waals surface area (Å²) in [7, 11) is 1.60. The van der Waals surface area contributed by atoms with Crippen molar-refractivity contribution in [1.82, 2.24) is 5.32 Å². The minimum absolute atomic E-state index is 0.181. The zero-order valence-electron chi connectivity index (χ0n) is 18.0. The minimum atomic E-state index is -1.06. The Balaban J connectivity index is 1.69. The number of benzene rings is 3. The van der Waals surface area contributed by atoms with Crippen LogP contribution in [-0.2, 0) is 17.8 Å². The second-order valence-corrected chi connectivity index (χ2v) is 8.11. The summed E-state index contributed by atoms with van der Waals surface area (Å²) >= 11 is 0. The van der Waals surface area contributed by atoms with Gasteiger partial charge in [0, 0.05) is 24.2 Å². The van der Waals surface area contributed by atoms with E-state index < -0.39 is 5.54 Å². The Morgan fingerprint density at radius 1 is 1.03 bits per heavy atom. The highest BCUT2D eigenvalue weighted by atomic mass is 16.5. The number of methoxy groups -OCH3 is 1. The highest BCUT2D eigenvalue weighted by Crippen LogP contribution is 2.36. The molecule has 1 aliphatic heterocycles. The molecule has 0 fully saturated rings. The summed E-state index contributed by atoms with van der Waals surface area (Å²) in [5, 5.41) is 3.04. The lowest BCUT2D eigenvalue weighted by Gasteiger charge is -2.44. The molecule has 31 heavy (non-hydrogen) atoms. The van der Waals surface area contributed by atoms with Gasteiger partial charge in [0.2, 0.25) is 5.91 Å². The van der Waals surface area contributed by atoms with Crippen molar-refractivity contribution in [2.75, 3.05) is 12.0 Å². The number of aryl methyl sites for hydroxylation is 1. The molecule has 3 aromatic rings. The lowest BCUT2D eigenvalue weighted by Crippen LogP contribution is -2.63. The number of anilines is 1. The fraction of sp³-hybridized carbons (Fsp3) is 0.231. The van der Waals surface area contributed by atoms with E-state index in [9.17, 15) is 9.59 Å². The number of hydrogen-bond donors (Lipinski definition) is 1. The molecule has 1 aliphatic rings. The number of amides is 2. The zero-order valence-corrected chi connectivity index (χ0v) is 18.0. The van der Waals surface area contributed by atoms with Gasteiger partial charge < -0.3 is 10.1 Å². The van der Waals surface area contributed by atoms with Gasteiger partial charge in [-0.05, 0) is 55.3 Å². The largest absolute Gasteiger partial charge is 0.497 e. The number of rotatable bonds is 5. The number of fused-ring (bicyclic) bond motifs is 1. The Morgan fingerprint density at radius 3 is 2.39 bits per heavy atom. The van der Waals surface area contributed by atoms with Crippen molar-refractivity contribution in [2.24, 2.45) is 0 Å². The van der Waals surface area contributed by atoms with Crippen molar-refractivity contribution in [3.05, 3.63) is 95.1 Å². The molecule has 1 atom stereocenters. The fourth-order valence-electron chi connectivity index (χ4n) is 4.07. The average molecular weight is 415 g/mol. The van der Waals surface area contributed by atoms with E-state index in [-0.39, 0.29) is 11.8 Å². The van der Waals surface area contributed by atoms with Crippen LogP contribution in [0.25, 0.3) is 0 Å². The predicted molar refractivity (Wildman–Crippen MR) is 121 cm³/mol. The molecule has 0 aromatic heterocycles. The standard InChI is InChI=1S/C26H26N2O3/c1-18-8-10-19(11-9-18)17-27-25(30)26(2)16-20-6-4-5-7-23(20)24(29)28(26)21-12-14-22(31-3)15-13-21/h4-15H,16-17H2,1-3H3,(H,27,30)/t26-/m1/s1. The molecule has 2 amide bonds. The molecule has 4 rings (SSSR count). The van der Waals surface area contributed by atoms with Crippen molar-refractivity contribution in [3.63, 3.8) is 0 Å². The average Bonchev–Trinajstić information content (AvgIpc) is 2.79. The first-order valence-corrected chi connectivity index (χ1v) is 10.3. The lowest BCUT2D eigenvalue weighted by molar-refractivity contribution is -0.126. The summed E-state index contributed by atoms with van der Waals surface area (Å²) in [4.78, 5) is 28.6. The van der Waals surface area contributed by atoms with Gasteiger partial charge in [0.05, 0.1) is 7.11 Å². The van der Waals surface area contributed by atoms with E-state index in [2.05, 4.69) is 5.32 Å². The molecular weight excluding hydrogens is 388 g/mol. The van der Waals surface area contributed by atoms with Crippen molar-refractivity contribution in [2.45, 2.75) is 32.4 Å². The third kappa shape index (κ3) is 3.91. The molecule has 5 heteroatoms. The van der Waals surface area contributed by atoms with Crippen LogP contribution in [0.4, 0.5) is 5.69 Å². The Bertz CT molecular complexity index is 1110. The van der Waals surface area contributed by atoms with Crippen LogP contribution in [0.3, 0.4) is 0 Å². The van der Waals surface area contributed by atoms with E-state index >= 15 is 0 Å². The molecule has 0 unspecified atom stereocenters. The number of ether oxygens (including phenoxy) is 1. The summed E-state index contributed by atoms with van der Waals surface area (Å²) in [6, 6.07) is 22.8. The van der Waals surface area contributed by atoms with E-state index in [0.29, 0.717) is 30.0 Å².